The van der Waals surface area contributed by atoms with Crippen molar-refractivity contribution in [3.05, 3.63) is 65.7 Å². The van der Waals surface area contributed by atoms with Crippen LogP contribution in [0.5, 0.6) is 0 Å². The van der Waals surface area contributed by atoms with Gasteiger partial charge >= 0.3 is 0 Å². The lowest BCUT2D eigenvalue weighted by molar-refractivity contribution is -0.115. The van der Waals surface area contributed by atoms with Gasteiger partial charge in [0.1, 0.15) is 0 Å². The fourth-order valence-corrected chi connectivity index (χ4v) is 1.87. The molecule has 0 aliphatic rings. The number of Topliss-reactive ketones (excluding diaryl/α,β-unsaturated/α-hetero) is 1. The second kappa shape index (κ2) is 6.63. The number of amides is 1. The molecule has 0 aliphatic heterocycles. The van der Waals surface area contributed by atoms with Crippen LogP contribution < -0.4 is 11.1 Å². The lowest BCUT2D eigenvalue weighted by Gasteiger charge is -2.07. The van der Waals surface area contributed by atoms with Crippen LogP contribution in [0.1, 0.15) is 15.9 Å². The minimum absolute atomic E-state index is 0.0403. The summed E-state index contributed by atoms with van der Waals surface area (Å²) in [7, 11) is 0. The average molecular weight is 268 g/mol. The molecule has 2 aromatic rings. The van der Waals surface area contributed by atoms with Crippen molar-refractivity contribution in [2.24, 2.45) is 5.73 Å². The summed E-state index contributed by atoms with van der Waals surface area (Å²) in [6, 6.07) is 16.3. The molecule has 0 spiro atoms. The van der Waals surface area contributed by atoms with Gasteiger partial charge in [-0.1, -0.05) is 42.5 Å². The van der Waals surface area contributed by atoms with Crippen LogP contribution >= 0.6 is 0 Å². The van der Waals surface area contributed by atoms with Gasteiger partial charge in [0.2, 0.25) is 5.91 Å². The number of rotatable bonds is 5. The lowest BCUT2D eigenvalue weighted by atomic mass is 10.1. The number of ketones is 1. The smallest absolute Gasteiger partial charge is 0.228 e. The molecule has 20 heavy (non-hydrogen) atoms. The third-order valence-electron chi connectivity index (χ3n) is 2.86. The highest BCUT2D eigenvalue weighted by molar-refractivity contribution is 5.99. The quantitative estimate of drug-likeness (QED) is 0.815. The molecule has 0 aliphatic carbocycles. The van der Waals surface area contributed by atoms with Crippen molar-refractivity contribution in [2.45, 2.75) is 6.42 Å². The maximum absolute atomic E-state index is 11.9. The van der Waals surface area contributed by atoms with Crippen LogP contribution in [0.15, 0.2) is 54.6 Å². The largest absolute Gasteiger partial charge is 0.326 e. The van der Waals surface area contributed by atoms with Gasteiger partial charge in [0, 0.05) is 11.3 Å². The van der Waals surface area contributed by atoms with Gasteiger partial charge in [-0.25, -0.2) is 0 Å². The molecular formula is C16H16N2O2. The Morgan fingerprint density at radius 2 is 1.75 bits per heavy atom. The monoisotopic (exact) mass is 268 g/mol. The minimum Gasteiger partial charge on any atom is -0.326 e. The first kappa shape index (κ1) is 14.0. The Hall–Kier alpha value is -2.46. The minimum atomic E-state index is -0.149. The van der Waals surface area contributed by atoms with Gasteiger partial charge in [0.25, 0.3) is 0 Å². The number of nitrogens with two attached hydrogens (primary N) is 1. The van der Waals surface area contributed by atoms with Crippen molar-refractivity contribution < 1.29 is 9.59 Å². The molecule has 0 fully saturated rings. The summed E-state index contributed by atoms with van der Waals surface area (Å²) in [5.41, 5.74) is 7.37. The molecule has 4 nitrogen and oxygen atoms in total. The van der Waals surface area contributed by atoms with Gasteiger partial charge in [-0.15, -0.1) is 0 Å². The zero-order chi connectivity index (χ0) is 14.4. The number of carbonyl (C=O) groups excluding carboxylic acids is 2. The fraction of sp³-hybridized carbons (Fsp3) is 0.125. The maximum atomic E-state index is 11.9. The van der Waals surface area contributed by atoms with E-state index in [1.54, 1.807) is 24.3 Å². The van der Waals surface area contributed by atoms with E-state index in [1.165, 1.54) is 0 Å². The predicted octanol–water partition coefficient (Wildman–Crippen LogP) is 2.01. The summed E-state index contributed by atoms with van der Waals surface area (Å²) in [5, 5.41) is 2.78. The second-order valence-corrected chi connectivity index (χ2v) is 4.42. The Bertz CT molecular complexity index is 609. The molecule has 2 rings (SSSR count). The van der Waals surface area contributed by atoms with Crippen LogP contribution in [-0.4, -0.2) is 18.2 Å². The number of benzene rings is 2. The van der Waals surface area contributed by atoms with Crippen LogP contribution in [0.3, 0.4) is 0 Å². The van der Waals surface area contributed by atoms with Crippen molar-refractivity contribution in [1.82, 2.24) is 0 Å². The van der Waals surface area contributed by atoms with E-state index in [1.807, 2.05) is 30.3 Å². The van der Waals surface area contributed by atoms with Crippen molar-refractivity contribution in [1.29, 1.82) is 0 Å². The normalized spacial score (nSPS) is 10.1. The van der Waals surface area contributed by atoms with Gasteiger partial charge in [-0.05, 0) is 17.7 Å². The van der Waals surface area contributed by atoms with Gasteiger partial charge in [-0.3, -0.25) is 9.59 Å². The van der Waals surface area contributed by atoms with Gasteiger partial charge < -0.3 is 11.1 Å². The van der Waals surface area contributed by atoms with Gasteiger partial charge in [0.15, 0.2) is 5.78 Å². The Kier molecular flexibility index (Phi) is 4.63. The first-order valence-electron chi connectivity index (χ1n) is 6.36. The van der Waals surface area contributed by atoms with Crippen molar-refractivity contribution in [2.75, 3.05) is 11.9 Å². The number of carbonyl (C=O) groups is 2. The molecule has 0 unspecified atom stereocenters. The first-order chi connectivity index (χ1) is 9.69. The highest BCUT2D eigenvalue weighted by Crippen LogP contribution is 2.12. The SMILES string of the molecule is NCC(=O)c1cccc(NC(=O)Cc2ccccc2)c1. The molecule has 3 N–H and O–H groups in total. The number of hydrogen-bond donors (Lipinski definition) is 2. The van der Waals surface area contributed by atoms with Crippen LogP contribution in [0, 0.1) is 0 Å². The lowest BCUT2D eigenvalue weighted by Crippen LogP contribution is -2.16. The molecule has 0 heterocycles. The Morgan fingerprint density at radius 3 is 2.45 bits per heavy atom. The summed E-state index contributed by atoms with van der Waals surface area (Å²) < 4.78 is 0. The maximum Gasteiger partial charge on any atom is 0.228 e. The fourth-order valence-electron chi connectivity index (χ4n) is 1.87. The molecular weight excluding hydrogens is 252 g/mol. The van der Waals surface area contributed by atoms with E-state index in [9.17, 15) is 9.59 Å². The van der Waals surface area contributed by atoms with Crippen molar-refractivity contribution in [3.63, 3.8) is 0 Å². The molecule has 102 valence electrons. The van der Waals surface area contributed by atoms with E-state index in [-0.39, 0.29) is 18.2 Å². The van der Waals surface area contributed by atoms with Crippen molar-refractivity contribution in [3.8, 4) is 0 Å². The van der Waals surface area contributed by atoms with Gasteiger partial charge in [0.05, 0.1) is 13.0 Å². The third kappa shape index (κ3) is 3.76. The number of nitrogens with one attached hydrogen (secondary N) is 1. The van der Waals surface area contributed by atoms with E-state index in [4.69, 9.17) is 5.73 Å². The van der Waals surface area contributed by atoms with E-state index >= 15 is 0 Å². The molecule has 0 atom stereocenters. The molecule has 2 aromatic carbocycles. The van der Waals surface area contributed by atoms with Crippen LogP contribution in [0.25, 0.3) is 0 Å². The zero-order valence-corrected chi connectivity index (χ0v) is 11.0. The highest BCUT2D eigenvalue weighted by atomic mass is 16.1. The number of anilines is 1. The standard InChI is InChI=1S/C16H16N2O2/c17-11-15(19)13-7-4-8-14(10-13)18-16(20)9-12-5-2-1-3-6-12/h1-8,10H,9,11,17H2,(H,18,20). The summed E-state index contributed by atoms with van der Waals surface area (Å²) in [6.45, 7) is -0.0403. The Labute approximate surface area is 117 Å². The molecule has 0 radical (unpaired) electrons. The molecule has 4 heteroatoms. The Morgan fingerprint density at radius 1 is 1.00 bits per heavy atom. The zero-order valence-electron chi connectivity index (χ0n) is 11.0. The predicted molar refractivity (Wildman–Crippen MR) is 78.6 cm³/mol. The Balaban J connectivity index is 2.03. The van der Waals surface area contributed by atoms with Gasteiger partial charge in [-0.2, -0.15) is 0 Å². The summed E-state index contributed by atoms with van der Waals surface area (Å²) in [6.07, 6.45) is 0.301. The van der Waals surface area contributed by atoms with Crippen LogP contribution in [0.2, 0.25) is 0 Å². The van der Waals surface area contributed by atoms with E-state index < -0.39 is 0 Å². The number of hydrogen-bond acceptors (Lipinski definition) is 3. The summed E-state index contributed by atoms with van der Waals surface area (Å²) in [5.74, 6) is -0.266. The third-order valence-corrected chi connectivity index (χ3v) is 2.86. The first-order valence-corrected chi connectivity index (χ1v) is 6.36. The highest BCUT2D eigenvalue weighted by Gasteiger charge is 2.07. The van der Waals surface area contributed by atoms with Crippen LogP contribution in [0.4, 0.5) is 5.69 Å². The molecule has 0 saturated carbocycles. The topological polar surface area (TPSA) is 72.2 Å². The summed E-state index contributed by atoms with van der Waals surface area (Å²) in [4.78, 5) is 23.4. The molecule has 0 bridgehead atoms. The second-order valence-electron chi connectivity index (χ2n) is 4.42. The molecule has 0 saturated heterocycles. The molecule has 0 aromatic heterocycles. The van der Waals surface area contributed by atoms with E-state index in [0.29, 0.717) is 17.7 Å². The average Bonchev–Trinajstić information content (AvgIpc) is 2.47. The van der Waals surface area contributed by atoms with Crippen LogP contribution in [-0.2, 0) is 11.2 Å². The summed E-state index contributed by atoms with van der Waals surface area (Å²) >= 11 is 0. The van der Waals surface area contributed by atoms with E-state index in [0.717, 1.165) is 5.56 Å². The molecule has 1 amide bonds. The van der Waals surface area contributed by atoms with Crippen molar-refractivity contribution >= 4 is 17.4 Å². The van der Waals surface area contributed by atoms with E-state index in [2.05, 4.69) is 5.32 Å².